The number of piperazine rings is 1. The lowest BCUT2D eigenvalue weighted by molar-refractivity contribution is -0.546. The Bertz CT molecular complexity index is 1430. The second-order valence-corrected chi connectivity index (χ2v) is 12.8. The number of benzene rings is 1. The number of likely N-dealkylation sites (tertiary alicyclic amines) is 1. The third-order valence-corrected chi connectivity index (χ3v) is 10.3. The summed E-state index contributed by atoms with van der Waals surface area (Å²) in [5.74, 6) is 0.469. The van der Waals surface area contributed by atoms with Crippen molar-refractivity contribution in [2.75, 3.05) is 72.0 Å². The topological polar surface area (TPSA) is 65.6 Å². The Morgan fingerprint density at radius 3 is 2.37 bits per heavy atom. The van der Waals surface area contributed by atoms with Crippen LogP contribution in [0, 0.1) is 5.92 Å². The number of methoxy groups -OCH3 is 2. The first-order valence-corrected chi connectivity index (χ1v) is 15.8. The molecule has 2 saturated heterocycles. The van der Waals surface area contributed by atoms with Crippen molar-refractivity contribution in [3.63, 3.8) is 0 Å². The van der Waals surface area contributed by atoms with Crippen LogP contribution in [-0.2, 0) is 19.9 Å². The van der Waals surface area contributed by atoms with Gasteiger partial charge in [0.15, 0.2) is 6.04 Å². The van der Waals surface area contributed by atoms with Gasteiger partial charge in [-0.1, -0.05) is 24.3 Å². The van der Waals surface area contributed by atoms with Crippen molar-refractivity contribution in [3.05, 3.63) is 54.4 Å². The van der Waals surface area contributed by atoms with E-state index >= 15 is 0 Å². The minimum atomic E-state index is -0.255. The van der Waals surface area contributed by atoms with Crippen LogP contribution in [-0.4, -0.2) is 116 Å². The van der Waals surface area contributed by atoms with Crippen molar-refractivity contribution in [2.24, 2.45) is 5.92 Å². The van der Waals surface area contributed by atoms with Crippen LogP contribution >= 0.6 is 0 Å². The van der Waals surface area contributed by atoms with E-state index in [2.05, 4.69) is 76.0 Å². The van der Waals surface area contributed by atoms with Crippen molar-refractivity contribution in [1.82, 2.24) is 19.4 Å². The standard InChI is InChI=1S/C34H47N6O3/c1-25(24-42-4)37-14-11-34(43-5,12-15-37)29-8-6-26(7-9-29)28-22-32-31(10-13-35-40(32)23-28)38-16-18-39(19-17-38)33(41)27-20-30(21-27)36(2)3/h6-10,13,22-23,25,27,30H,2,11-12,14-21,24H2,1,3-5H3/q+1/t25-,27-,30-/m1/s1. The SMILES string of the molecule is C=[N+](C)[C@H]1C[C@H](C(=O)N2CCN(c3ccnn4cc(-c5ccc(C6(OC)CCN([C@H](C)COC)CC6)cc5)cc34)CC2)C1. The molecule has 9 nitrogen and oxygen atoms in total. The molecule has 6 rings (SSSR count). The molecule has 43 heavy (non-hydrogen) atoms. The number of nitrogens with zero attached hydrogens (tertiary/aromatic N) is 6. The summed E-state index contributed by atoms with van der Waals surface area (Å²) in [4.78, 5) is 20.0. The van der Waals surface area contributed by atoms with Gasteiger partial charge < -0.3 is 19.3 Å². The molecule has 0 bridgehead atoms. The first-order valence-electron chi connectivity index (χ1n) is 15.8. The Morgan fingerprint density at radius 1 is 1.05 bits per heavy atom. The summed E-state index contributed by atoms with van der Waals surface area (Å²) in [5, 5.41) is 4.62. The van der Waals surface area contributed by atoms with Gasteiger partial charge in [-0.05, 0) is 43.0 Å². The van der Waals surface area contributed by atoms with Gasteiger partial charge in [0, 0.05) is 90.3 Å². The first-order chi connectivity index (χ1) is 20.8. The summed E-state index contributed by atoms with van der Waals surface area (Å²) >= 11 is 0. The molecule has 230 valence electrons. The number of anilines is 1. The summed E-state index contributed by atoms with van der Waals surface area (Å²) in [6.07, 6.45) is 7.77. The van der Waals surface area contributed by atoms with E-state index in [-0.39, 0.29) is 11.5 Å². The predicted octanol–water partition coefficient (Wildman–Crippen LogP) is 3.74. The molecule has 0 unspecified atom stereocenters. The second kappa shape index (κ2) is 12.4. The van der Waals surface area contributed by atoms with E-state index in [4.69, 9.17) is 9.47 Å². The van der Waals surface area contributed by atoms with Crippen molar-refractivity contribution in [2.45, 2.75) is 50.3 Å². The zero-order valence-corrected chi connectivity index (χ0v) is 26.2. The zero-order chi connectivity index (χ0) is 30.1. The molecule has 2 aliphatic heterocycles. The molecule has 1 aromatic carbocycles. The molecule has 1 atom stereocenters. The number of fused-ring (bicyclic) bond motifs is 1. The summed E-state index contributed by atoms with van der Waals surface area (Å²) in [6, 6.07) is 14.1. The van der Waals surface area contributed by atoms with Crippen molar-refractivity contribution in [3.8, 4) is 11.1 Å². The second-order valence-electron chi connectivity index (χ2n) is 12.8. The normalized spacial score (nSPS) is 23.3. The Balaban J connectivity index is 1.12. The van der Waals surface area contributed by atoms with Gasteiger partial charge in [-0.2, -0.15) is 5.10 Å². The molecular formula is C34H47N6O3+. The number of rotatable bonds is 9. The van der Waals surface area contributed by atoms with Gasteiger partial charge in [0.05, 0.1) is 29.3 Å². The number of hydrogen-bond acceptors (Lipinski definition) is 6. The summed E-state index contributed by atoms with van der Waals surface area (Å²) in [6.45, 7) is 12.1. The Kier molecular flexibility index (Phi) is 8.58. The van der Waals surface area contributed by atoms with Crippen LogP contribution < -0.4 is 4.90 Å². The third-order valence-electron chi connectivity index (χ3n) is 10.3. The van der Waals surface area contributed by atoms with Crippen molar-refractivity contribution < 1.29 is 18.8 Å². The molecule has 3 aliphatic rings. The number of carbonyl (C=O) groups excluding carboxylic acids is 1. The molecule has 0 radical (unpaired) electrons. The van der Waals surface area contributed by atoms with Gasteiger partial charge in [0.25, 0.3) is 0 Å². The summed E-state index contributed by atoms with van der Waals surface area (Å²) in [7, 11) is 5.61. The van der Waals surface area contributed by atoms with E-state index in [1.54, 1.807) is 7.11 Å². The highest BCUT2D eigenvalue weighted by Gasteiger charge is 2.42. The number of carbonyl (C=O) groups is 1. The van der Waals surface area contributed by atoms with Gasteiger partial charge >= 0.3 is 0 Å². The molecule has 2 aromatic heterocycles. The number of ether oxygens (including phenoxy) is 2. The fraction of sp³-hybridized carbons (Fsp3) is 0.559. The average Bonchev–Trinajstić information content (AvgIpc) is 3.45. The summed E-state index contributed by atoms with van der Waals surface area (Å²) in [5.41, 5.74) is 5.55. The van der Waals surface area contributed by atoms with Gasteiger partial charge in [0.1, 0.15) is 13.8 Å². The van der Waals surface area contributed by atoms with Gasteiger partial charge in [0.2, 0.25) is 5.91 Å². The lowest BCUT2D eigenvalue weighted by atomic mass is 9.79. The Labute approximate surface area is 255 Å². The molecule has 9 heteroatoms. The molecule has 1 aliphatic carbocycles. The monoisotopic (exact) mass is 587 g/mol. The van der Waals surface area contributed by atoms with Gasteiger partial charge in [-0.15, -0.1) is 0 Å². The number of amides is 1. The Morgan fingerprint density at radius 2 is 1.74 bits per heavy atom. The maximum Gasteiger partial charge on any atom is 0.226 e. The molecule has 0 spiro atoms. The Hall–Kier alpha value is -3.27. The fourth-order valence-electron chi connectivity index (χ4n) is 7.25. The highest BCUT2D eigenvalue weighted by Crippen LogP contribution is 2.38. The average molecular weight is 588 g/mol. The van der Waals surface area contributed by atoms with Crippen LogP contribution in [0.5, 0.6) is 0 Å². The summed E-state index contributed by atoms with van der Waals surface area (Å²) < 4.78 is 15.5. The highest BCUT2D eigenvalue weighted by molar-refractivity contribution is 5.82. The third kappa shape index (κ3) is 5.82. The van der Waals surface area contributed by atoms with Crippen molar-refractivity contribution >= 4 is 23.8 Å². The highest BCUT2D eigenvalue weighted by atomic mass is 16.5. The van der Waals surface area contributed by atoms with Gasteiger partial charge in [-0.25, -0.2) is 9.09 Å². The van der Waals surface area contributed by atoms with Crippen LogP contribution in [0.1, 0.15) is 38.2 Å². The van der Waals surface area contributed by atoms with Crippen molar-refractivity contribution in [1.29, 1.82) is 0 Å². The number of hydrogen-bond donors (Lipinski definition) is 0. The maximum absolute atomic E-state index is 13.0. The van der Waals surface area contributed by atoms with E-state index in [0.717, 1.165) is 82.6 Å². The number of piperidine rings is 1. The largest absolute Gasteiger partial charge is 0.383 e. The smallest absolute Gasteiger partial charge is 0.226 e. The fourth-order valence-corrected chi connectivity index (χ4v) is 7.25. The number of aromatic nitrogens is 2. The predicted molar refractivity (Wildman–Crippen MR) is 170 cm³/mol. The van der Waals surface area contributed by atoms with Crippen LogP contribution in [0.3, 0.4) is 0 Å². The lowest BCUT2D eigenvalue weighted by Gasteiger charge is -2.43. The molecule has 3 aromatic rings. The van der Waals surface area contributed by atoms with E-state index < -0.39 is 0 Å². The van der Waals surface area contributed by atoms with Crippen LogP contribution in [0.4, 0.5) is 5.69 Å². The first kappa shape index (κ1) is 29.8. The van der Waals surface area contributed by atoms with E-state index in [9.17, 15) is 4.79 Å². The molecule has 0 N–H and O–H groups in total. The zero-order valence-electron chi connectivity index (χ0n) is 26.2. The minimum Gasteiger partial charge on any atom is -0.383 e. The molecule has 4 heterocycles. The minimum absolute atomic E-state index is 0.157. The molecule has 3 fully saturated rings. The quantitative estimate of drug-likeness (QED) is 0.281. The van der Waals surface area contributed by atoms with Crippen LogP contribution in [0.2, 0.25) is 0 Å². The van der Waals surface area contributed by atoms with Crippen LogP contribution in [0.15, 0.2) is 48.8 Å². The van der Waals surface area contributed by atoms with E-state index in [0.29, 0.717) is 18.0 Å². The molecule has 1 amide bonds. The molecular weight excluding hydrogens is 540 g/mol. The van der Waals surface area contributed by atoms with Crippen LogP contribution in [0.25, 0.3) is 16.6 Å². The van der Waals surface area contributed by atoms with E-state index in [1.165, 1.54) is 16.8 Å². The molecule has 1 saturated carbocycles. The maximum atomic E-state index is 13.0. The van der Waals surface area contributed by atoms with E-state index in [1.807, 2.05) is 29.4 Å². The lowest BCUT2D eigenvalue weighted by Crippen LogP contribution is -2.53. The van der Waals surface area contributed by atoms with Gasteiger partial charge in [-0.3, -0.25) is 9.69 Å².